The molecule has 0 atom stereocenters. The fourth-order valence-electron chi connectivity index (χ4n) is 5.88. The molecule has 200 valence electrons. The molecule has 39 heavy (non-hydrogen) atoms. The molecule has 0 N–H and O–H groups in total. The summed E-state index contributed by atoms with van der Waals surface area (Å²) in [6.45, 7) is 17.2. The smallest absolute Gasteiger partial charge is 0.000898 e. The van der Waals surface area contributed by atoms with Crippen LogP contribution in [0.1, 0.15) is 77.5 Å². The van der Waals surface area contributed by atoms with Crippen LogP contribution in [0.5, 0.6) is 0 Å². The standard InChI is InChI=1S/C33H28.C4H10.C2H6/c1-5-7-10-24-18-20(3)28-26-16-14-22-12-9-13-23-15-17-27(32(26)30(22)23)29-21(4)19-25(11-8-6-2)31(24)33(28)29;1-3-4-2;1-2/h5,7-19H,6H2,1-4H3;3-4H2,1-2H3;1-2H3/b7-5-,11-8+,24-10-;;. The third-order valence-electron chi connectivity index (χ3n) is 7.68. The molecule has 0 fully saturated rings. The van der Waals surface area contributed by atoms with Gasteiger partial charge in [-0.25, -0.2) is 0 Å². The molecule has 0 nitrogen and oxygen atoms in total. The molecule has 6 aromatic rings. The predicted octanol–water partition coefficient (Wildman–Crippen LogP) is 11.8. The van der Waals surface area contributed by atoms with Gasteiger partial charge in [0, 0.05) is 0 Å². The summed E-state index contributed by atoms with van der Waals surface area (Å²) in [6, 6.07) is 20.7. The lowest BCUT2D eigenvalue weighted by Crippen LogP contribution is -2.07. The van der Waals surface area contributed by atoms with Gasteiger partial charge in [-0.1, -0.05) is 132 Å². The van der Waals surface area contributed by atoms with Crippen molar-refractivity contribution in [2.75, 3.05) is 0 Å². The summed E-state index contributed by atoms with van der Waals surface area (Å²) < 4.78 is 0. The van der Waals surface area contributed by atoms with Crippen LogP contribution in [0.2, 0.25) is 0 Å². The zero-order valence-corrected chi connectivity index (χ0v) is 25.2. The monoisotopic (exact) mass is 512 g/mol. The molecule has 0 aliphatic heterocycles. The van der Waals surface area contributed by atoms with E-state index < -0.39 is 0 Å². The van der Waals surface area contributed by atoms with Crippen LogP contribution in [-0.4, -0.2) is 0 Å². The van der Waals surface area contributed by atoms with E-state index in [0.717, 1.165) is 6.42 Å². The maximum absolute atomic E-state index is 2.39. The molecule has 6 rings (SSSR count). The third-order valence-corrected chi connectivity index (χ3v) is 7.68. The number of fused-ring (bicyclic) bond motifs is 2. The van der Waals surface area contributed by atoms with Crippen molar-refractivity contribution in [2.45, 2.75) is 74.7 Å². The van der Waals surface area contributed by atoms with Gasteiger partial charge in [-0.05, 0) is 103 Å². The molecule has 0 bridgehead atoms. The molecule has 0 amide bonds. The quantitative estimate of drug-likeness (QED) is 0.163. The van der Waals surface area contributed by atoms with Gasteiger partial charge in [0.1, 0.15) is 0 Å². The van der Waals surface area contributed by atoms with Gasteiger partial charge in [0.05, 0.1) is 0 Å². The molecular weight excluding hydrogens is 468 g/mol. The van der Waals surface area contributed by atoms with Gasteiger partial charge >= 0.3 is 0 Å². The largest absolute Gasteiger partial charge is 0.0876 e. The molecule has 0 saturated carbocycles. The van der Waals surface area contributed by atoms with Crippen molar-refractivity contribution in [3.05, 3.63) is 94.7 Å². The van der Waals surface area contributed by atoms with Gasteiger partial charge in [0.2, 0.25) is 0 Å². The average molecular weight is 513 g/mol. The molecule has 0 heterocycles. The summed E-state index contributed by atoms with van der Waals surface area (Å²) in [6.07, 6.45) is 14.8. The first-order chi connectivity index (χ1) is 19.0. The number of allylic oxidation sites excluding steroid dienone is 3. The van der Waals surface area contributed by atoms with Gasteiger partial charge < -0.3 is 0 Å². The van der Waals surface area contributed by atoms with Crippen molar-refractivity contribution >= 4 is 66.0 Å². The average Bonchev–Trinajstić information content (AvgIpc) is 2.97. The molecule has 0 radical (unpaired) electrons. The van der Waals surface area contributed by atoms with E-state index in [1.54, 1.807) is 0 Å². The lowest BCUT2D eigenvalue weighted by atomic mass is 9.82. The molecule has 0 saturated heterocycles. The highest BCUT2D eigenvalue weighted by Crippen LogP contribution is 2.45. The van der Waals surface area contributed by atoms with Crippen LogP contribution in [0.15, 0.2) is 72.8 Å². The summed E-state index contributed by atoms with van der Waals surface area (Å²) in [4.78, 5) is 0. The number of hydrogen-bond donors (Lipinski definition) is 0. The van der Waals surface area contributed by atoms with Crippen LogP contribution in [0.4, 0.5) is 0 Å². The lowest BCUT2D eigenvalue weighted by Gasteiger charge is -2.21. The zero-order chi connectivity index (χ0) is 28.1. The van der Waals surface area contributed by atoms with Crippen molar-refractivity contribution in [1.29, 1.82) is 0 Å². The Morgan fingerprint density at radius 3 is 1.77 bits per heavy atom. The minimum atomic E-state index is 1.03. The van der Waals surface area contributed by atoms with E-state index in [1.165, 1.54) is 88.6 Å². The molecular formula is C39H44. The molecule has 0 aliphatic rings. The highest BCUT2D eigenvalue weighted by molar-refractivity contribution is 6.38. The second-order valence-corrected chi connectivity index (χ2v) is 10.2. The summed E-state index contributed by atoms with van der Waals surface area (Å²) in [5, 5.41) is 15.1. The van der Waals surface area contributed by atoms with E-state index >= 15 is 0 Å². The maximum atomic E-state index is 2.39. The summed E-state index contributed by atoms with van der Waals surface area (Å²) in [5.41, 5.74) is 4.01. The second-order valence-electron chi connectivity index (χ2n) is 10.2. The van der Waals surface area contributed by atoms with Crippen molar-refractivity contribution in [3.8, 4) is 0 Å². The van der Waals surface area contributed by atoms with Crippen LogP contribution in [-0.2, 0) is 0 Å². The summed E-state index contributed by atoms with van der Waals surface area (Å²) in [7, 11) is 0. The topological polar surface area (TPSA) is 0 Å². The van der Waals surface area contributed by atoms with Crippen LogP contribution in [0.3, 0.4) is 0 Å². The Morgan fingerprint density at radius 1 is 0.641 bits per heavy atom. The zero-order valence-electron chi connectivity index (χ0n) is 25.2. The van der Waals surface area contributed by atoms with Gasteiger partial charge in [-0.3, -0.25) is 0 Å². The Balaban J connectivity index is 0.000000541. The summed E-state index contributed by atoms with van der Waals surface area (Å²) in [5.74, 6) is 0. The fourth-order valence-corrected chi connectivity index (χ4v) is 5.88. The Kier molecular flexibility index (Phi) is 9.08. The number of hydrogen-bond acceptors (Lipinski definition) is 0. The Hall–Kier alpha value is -3.64. The van der Waals surface area contributed by atoms with Crippen molar-refractivity contribution in [2.24, 2.45) is 0 Å². The van der Waals surface area contributed by atoms with Crippen LogP contribution < -0.4 is 5.22 Å². The molecule has 6 aromatic carbocycles. The molecule has 0 aromatic heterocycles. The van der Waals surface area contributed by atoms with E-state index in [1.807, 2.05) is 13.8 Å². The first-order valence-corrected chi connectivity index (χ1v) is 14.9. The van der Waals surface area contributed by atoms with E-state index in [2.05, 4.69) is 127 Å². The molecule has 0 heteroatoms. The second kappa shape index (κ2) is 12.5. The minimum absolute atomic E-state index is 1.03. The van der Waals surface area contributed by atoms with Crippen LogP contribution >= 0.6 is 0 Å². The first-order valence-electron chi connectivity index (χ1n) is 14.9. The lowest BCUT2D eigenvalue weighted by molar-refractivity contribution is 0.886. The fraction of sp³-hybridized carbons (Fsp3) is 0.282. The third kappa shape index (κ3) is 4.94. The van der Waals surface area contributed by atoms with Crippen molar-refractivity contribution in [3.63, 3.8) is 0 Å². The number of unbranched alkanes of at least 4 members (excludes halogenated alkanes) is 1. The van der Waals surface area contributed by atoms with Gasteiger partial charge in [-0.15, -0.1) is 0 Å². The predicted molar refractivity (Wildman–Crippen MR) is 180 cm³/mol. The van der Waals surface area contributed by atoms with E-state index in [-0.39, 0.29) is 0 Å². The Labute approximate surface area is 235 Å². The van der Waals surface area contributed by atoms with E-state index in [0.29, 0.717) is 0 Å². The number of rotatable bonds is 4. The van der Waals surface area contributed by atoms with E-state index in [4.69, 9.17) is 0 Å². The first kappa shape index (κ1) is 28.4. The molecule has 0 spiro atoms. The van der Waals surface area contributed by atoms with Crippen LogP contribution in [0.25, 0.3) is 66.0 Å². The van der Waals surface area contributed by atoms with Gasteiger partial charge in [-0.2, -0.15) is 0 Å². The molecule has 0 aliphatic carbocycles. The maximum Gasteiger partial charge on any atom is -0.000898 e. The van der Waals surface area contributed by atoms with Gasteiger partial charge in [0.25, 0.3) is 0 Å². The number of benzene rings is 6. The number of aryl methyl sites for hydroxylation is 2. The normalized spacial score (nSPS) is 12.4. The van der Waals surface area contributed by atoms with Crippen molar-refractivity contribution in [1.82, 2.24) is 0 Å². The van der Waals surface area contributed by atoms with E-state index in [9.17, 15) is 0 Å². The van der Waals surface area contributed by atoms with Crippen LogP contribution in [0, 0.1) is 13.8 Å². The highest BCUT2D eigenvalue weighted by atomic mass is 14.2. The van der Waals surface area contributed by atoms with Crippen molar-refractivity contribution < 1.29 is 0 Å². The summed E-state index contributed by atoms with van der Waals surface area (Å²) >= 11 is 0. The SMILES string of the molecule is C/C=C\C=c1\cc(C)c2c3ccc4cccc5ccc(c6c(C)cc(/C=C/CC)c1c62)c3c54.CC.CCCC. The Bertz CT molecular complexity index is 1780. The highest BCUT2D eigenvalue weighted by Gasteiger charge is 2.19. The molecule has 0 unspecified atom stereocenters. The Morgan fingerprint density at radius 2 is 1.23 bits per heavy atom. The van der Waals surface area contributed by atoms with Gasteiger partial charge in [0.15, 0.2) is 0 Å². The minimum Gasteiger partial charge on any atom is -0.0876 e.